The normalized spacial score (nSPS) is 11.3. The van der Waals surface area contributed by atoms with Gasteiger partial charge in [-0.25, -0.2) is 5.43 Å². The van der Waals surface area contributed by atoms with Crippen molar-refractivity contribution in [3.63, 3.8) is 0 Å². The molecule has 0 saturated carbocycles. The molecule has 178 valence electrons. The van der Waals surface area contributed by atoms with E-state index in [0.717, 1.165) is 21.9 Å². The first-order chi connectivity index (χ1) is 16.9. The van der Waals surface area contributed by atoms with Gasteiger partial charge in [0, 0.05) is 29.1 Å². The predicted molar refractivity (Wildman–Crippen MR) is 133 cm³/mol. The van der Waals surface area contributed by atoms with E-state index in [-0.39, 0.29) is 18.9 Å². The van der Waals surface area contributed by atoms with Gasteiger partial charge in [-0.2, -0.15) is 5.10 Å². The predicted octanol–water partition coefficient (Wildman–Crippen LogP) is 3.73. The molecular weight excluding hydrogens is 448 g/mol. The molecule has 0 aliphatic heterocycles. The van der Waals surface area contributed by atoms with Crippen LogP contribution in [0.15, 0.2) is 76.2 Å². The molecule has 0 saturated heterocycles. The molecule has 35 heavy (non-hydrogen) atoms. The van der Waals surface area contributed by atoms with E-state index in [9.17, 15) is 14.4 Å². The van der Waals surface area contributed by atoms with Crippen molar-refractivity contribution < 1.29 is 23.5 Å². The molecule has 1 heterocycles. The molecule has 0 unspecified atom stereocenters. The van der Waals surface area contributed by atoms with Crippen molar-refractivity contribution in [3.05, 3.63) is 72.3 Å². The fourth-order valence-electron chi connectivity index (χ4n) is 3.54. The summed E-state index contributed by atoms with van der Waals surface area (Å²) in [4.78, 5) is 36.5. The molecule has 0 aliphatic rings. The van der Waals surface area contributed by atoms with Gasteiger partial charge in [0.05, 0.1) is 19.2 Å². The third-order valence-corrected chi connectivity index (χ3v) is 5.24. The van der Waals surface area contributed by atoms with Crippen LogP contribution < -0.4 is 20.8 Å². The van der Waals surface area contributed by atoms with Crippen LogP contribution in [0.1, 0.15) is 18.9 Å². The van der Waals surface area contributed by atoms with Gasteiger partial charge in [0.25, 0.3) is 0 Å². The topological polar surface area (TPSA) is 122 Å². The fourth-order valence-corrected chi connectivity index (χ4v) is 3.54. The Labute approximate surface area is 201 Å². The molecule has 4 aromatic rings. The van der Waals surface area contributed by atoms with Crippen LogP contribution >= 0.6 is 0 Å². The third-order valence-electron chi connectivity index (χ3n) is 5.24. The van der Waals surface area contributed by atoms with Crippen LogP contribution in [0.5, 0.6) is 5.75 Å². The molecule has 9 heteroatoms. The summed E-state index contributed by atoms with van der Waals surface area (Å²) in [7, 11) is 1.52. The Morgan fingerprint density at radius 2 is 1.66 bits per heavy atom. The summed E-state index contributed by atoms with van der Waals surface area (Å²) in [6.45, 7) is 1.79. The molecule has 3 aromatic carbocycles. The SMILES string of the molecule is COc1cc2c(cc1NC(=O)CC(C)=NNC(=O)C(=O)NCc1ccccc1)oc1ccccc12. The molecule has 3 N–H and O–H groups in total. The number of fused-ring (bicyclic) bond motifs is 3. The summed E-state index contributed by atoms with van der Waals surface area (Å²) in [5.41, 5.74) is 5.14. The number of anilines is 1. The molecule has 0 bridgehead atoms. The second-order valence-corrected chi connectivity index (χ2v) is 7.83. The highest BCUT2D eigenvalue weighted by Gasteiger charge is 2.16. The lowest BCUT2D eigenvalue weighted by molar-refractivity contribution is -0.139. The molecule has 0 spiro atoms. The maximum absolute atomic E-state index is 12.6. The van der Waals surface area contributed by atoms with Crippen molar-refractivity contribution in [3.8, 4) is 5.75 Å². The molecule has 0 aliphatic carbocycles. The summed E-state index contributed by atoms with van der Waals surface area (Å²) in [6.07, 6.45) is -0.104. The number of ether oxygens (including phenoxy) is 1. The molecule has 0 radical (unpaired) electrons. The quantitative estimate of drug-likeness (QED) is 0.215. The average molecular weight is 473 g/mol. The van der Waals surface area contributed by atoms with Gasteiger partial charge in [-0.15, -0.1) is 0 Å². The number of nitrogens with one attached hydrogen (secondary N) is 3. The van der Waals surface area contributed by atoms with Gasteiger partial charge >= 0.3 is 11.8 Å². The van der Waals surface area contributed by atoms with Crippen LogP contribution in [0.3, 0.4) is 0 Å². The lowest BCUT2D eigenvalue weighted by Crippen LogP contribution is -2.37. The minimum atomic E-state index is -0.919. The van der Waals surface area contributed by atoms with E-state index in [1.807, 2.05) is 60.7 Å². The van der Waals surface area contributed by atoms with Crippen LogP contribution in [0.2, 0.25) is 0 Å². The zero-order valence-corrected chi connectivity index (χ0v) is 19.3. The Hall–Kier alpha value is -4.66. The monoisotopic (exact) mass is 472 g/mol. The van der Waals surface area contributed by atoms with Crippen LogP contribution in [0.4, 0.5) is 5.69 Å². The van der Waals surface area contributed by atoms with Crippen LogP contribution in [-0.2, 0) is 20.9 Å². The highest BCUT2D eigenvalue weighted by molar-refractivity contribution is 6.35. The van der Waals surface area contributed by atoms with E-state index in [0.29, 0.717) is 22.7 Å². The summed E-state index contributed by atoms with van der Waals surface area (Å²) < 4.78 is 11.3. The standard InChI is InChI=1S/C26H24N4O5/c1-16(29-30-26(33)25(32)27-15-17-8-4-3-5-9-17)12-24(31)28-20-14-22-19(13-23(20)34-2)18-10-6-7-11-21(18)35-22/h3-11,13-14H,12,15H2,1-2H3,(H,27,32)(H,28,31)(H,30,33). The van der Waals surface area contributed by atoms with E-state index >= 15 is 0 Å². The Morgan fingerprint density at radius 1 is 0.914 bits per heavy atom. The van der Waals surface area contributed by atoms with Crippen molar-refractivity contribution in [1.82, 2.24) is 10.7 Å². The Balaban J connectivity index is 1.35. The van der Waals surface area contributed by atoms with Crippen molar-refractivity contribution in [1.29, 1.82) is 0 Å². The van der Waals surface area contributed by atoms with Crippen molar-refractivity contribution in [2.45, 2.75) is 19.9 Å². The van der Waals surface area contributed by atoms with Crippen molar-refractivity contribution >= 4 is 51.1 Å². The number of hydrogen-bond acceptors (Lipinski definition) is 6. The number of rotatable bonds is 7. The van der Waals surface area contributed by atoms with Crippen LogP contribution in [0, 0.1) is 0 Å². The zero-order chi connectivity index (χ0) is 24.8. The van der Waals surface area contributed by atoms with Crippen molar-refractivity contribution in [2.24, 2.45) is 5.10 Å². The largest absolute Gasteiger partial charge is 0.495 e. The second-order valence-electron chi connectivity index (χ2n) is 7.83. The lowest BCUT2D eigenvalue weighted by atomic mass is 10.1. The first kappa shape index (κ1) is 23.5. The minimum Gasteiger partial charge on any atom is -0.495 e. The lowest BCUT2D eigenvalue weighted by Gasteiger charge is -2.10. The van der Waals surface area contributed by atoms with Gasteiger partial charge in [0.15, 0.2) is 0 Å². The van der Waals surface area contributed by atoms with Gasteiger partial charge in [0.2, 0.25) is 5.91 Å². The minimum absolute atomic E-state index is 0.104. The summed E-state index contributed by atoms with van der Waals surface area (Å²) >= 11 is 0. The zero-order valence-electron chi connectivity index (χ0n) is 19.3. The number of nitrogens with zero attached hydrogens (tertiary/aromatic N) is 1. The highest BCUT2D eigenvalue weighted by atomic mass is 16.5. The number of benzene rings is 3. The van der Waals surface area contributed by atoms with Gasteiger partial charge in [-0.1, -0.05) is 48.5 Å². The summed E-state index contributed by atoms with van der Waals surface area (Å²) in [5.74, 6) is -1.63. The number of methoxy groups -OCH3 is 1. The number of hydrazone groups is 1. The van der Waals surface area contributed by atoms with E-state index in [1.54, 1.807) is 13.0 Å². The Bertz CT molecular complexity index is 1430. The maximum atomic E-state index is 12.6. The summed E-state index contributed by atoms with van der Waals surface area (Å²) in [5, 5.41) is 11.0. The first-order valence-electron chi connectivity index (χ1n) is 10.9. The number of amides is 3. The third kappa shape index (κ3) is 5.64. The first-order valence-corrected chi connectivity index (χ1v) is 10.9. The molecule has 0 atom stereocenters. The van der Waals surface area contributed by atoms with Gasteiger partial charge in [0.1, 0.15) is 16.9 Å². The average Bonchev–Trinajstić information content (AvgIpc) is 3.23. The molecule has 4 rings (SSSR count). The number of furan rings is 1. The molecule has 9 nitrogen and oxygen atoms in total. The Kier molecular flexibility index (Phi) is 7.06. The second kappa shape index (κ2) is 10.5. The molecule has 0 fully saturated rings. The number of para-hydroxylation sites is 1. The number of hydrogen-bond donors (Lipinski definition) is 3. The van der Waals surface area contributed by atoms with E-state index in [2.05, 4.69) is 21.2 Å². The fraction of sp³-hybridized carbons (Fsp3) is 0.154. The molecule has 1 aromatic heterocycles. The number of carbonyl (C=O) groups excluding carboxylic acids is 3. The maximum Gasteiger partial charge on any atom is 0.329 e. The van der Waals surface area contributed by atoms with Crippen LogP contribution in [-0.4, -0.2) is 30.5 Å². The Morgan fingerprint density at radius 3 is 2.43 bits per heavy atom. The van der Waals surface area contributed by atoms with Crippen LogP contribution in [0.25, 0.3) is 21.9 Å². The van der Waals surface area contributed by atoms with Gasteiger partial charge in [-0.3, -0.25) is 14.4 Å². The molecule has 3 amide bonds. The summed E-state index contributed by atoms with van der Waals surface area (Å²) in [6, 6.07) is 20.4. The smallest absolute Gasteiger partial charge is 0.329 e. The van der Waals surface area contributed by atoms with Gasteiger partial charge in [-0.05, 0) is 24.6 Å². The van der Waals surface area contributed by atoms with E-state index in [4.69, 9.17) is 9.15 Å². The van der Waals surface area contributed by atoms with Gasteiger partial charge < -0.3 is 19.8 Å². The number of carbonyl (C=O) groups is 3. The van der Waals surface area contributed by atoms with E-state index in [1.165, 1.54) is 7.11 Å². The highest BCUT2D eigenvalue weighted by Crippen LogP contribution is 2.36. The van der Waals surface area contributed by atoms with E-state index < -0.39 is 11.8 Å². The van der Waals surface area contributed by atoms with Crippen molar-refractivity contribution in [2.75, 3.05) is 12.4 Å². The molecular formula is C26H24N4O5.